The van der Waals surface area contributed by atoms with Gasteiger partial charge in [0, 0.05) is 12.6 Å². The molecule has 0 spiro atoms. The van der Waals surface area contributed by atoms with Crippen LogP contribution in [0.1, 0.15) is 37.7 Å². The number of benzene rings is 1. The van der Waals surface area contributed by atoms with E-state index in [9.17, 15) is 18.0 Å². The molecule has 8 heteroatoms. The standard InChI is InChI=1S/C16H23N3O4S/c17-24(22,23)14-8-6-12(7-9-14)10-11-18-15(20)16(21)19-13-4-2-1-3-5-13/h6-9,13H,1-5,10-11H2,(H,18,20)(H,19,21)(H2,17,22,23). The molecule has 7 nitrogen and oxygen atoms in total. The Labute approximate surface area is 142 Å². The number of rotatable bonds is 5. The predicted molar refractivity (Wildman–Crippen MR) is 89.5 cm³/mol. The molecule has 132 valence electrons. The lowest BCUT2D eigenvalue weighted by atomic mass is 9.95. The van der Waals surface area contributed by atoms with Crippen molar-refractivity contribution in [3.8, 4) is 0 Å². The van der Waals surface area contributed by atoms with E-state index in [4.69, 9.17) is 5.14 Å². The van der Waals surface area contributed by atoms with E-state index in [2.05, 4.69) is 10.6 Å². The molecule has 0 aromatic heterocycles. The molecule has 1 fully saturated rings. The molecule has 4 N–H and O–H groups in total. The minimum absolute atomic E-state index is 0.0437. The van der Waals surface area contributed by atoms with E-state index in [1.807, 2.05) is 0 Å². The molecule has 0 radical (unpaired) electrons. The van der Waals surface area contributed by atoms with E-state index in [1.165, 1.54) is 18.6 Å². The van der Waals surface area contributed by atoms with Crippen LogP contribution in [0.2, 0.25) is 0 Å². The van der Waals surface area contributed by atoms with Crippen LogP contribution in [0.4, 0.5) is 0 Å². The Morgan fingerprint density at radius 2 is 1.67 bits per heavy atom. The normalized spacial score (nSPS) is 15.7. The highest BCUT2D eigenvalue weighted by Crippen LogP contribution is 2.17. The summed E-state index contributed by atoms with van der Waals surface area (Å²) in [5, 5.41) is 10.4. The zero-order chi connectivity index (χ0) is 17.6. The lowest BCUT2D eigenvalue weighted by molar-refractivity contribution is -0.139. The van der Waals surface area contributed by atoms with Crippen LogP contribution in [0.3, 0.4) is 0 Å². The van der Waals surface area contributed by atoms with Gasteiger partial charge in [-0.05, 0) is 37.0 Å². The van der Waals surface area contributed by atoms with Crippen LogP contribution in [0.5, 0.6) is 0 Å². The fraction of sp³-hybridized carbons (Fsp3) is 0.500. The smallest absolute Gasteiger partial charge is 0.309 e. The van der Waals surface area contributed by atoms with Crippen molar-refractivity contribution >= 4 is 21.8 Å². The van der Waals surface area contributed by atoms with Crippen molar-refractivity contribution in [2.45, 2.75) is 49.5 Å². The quantitative estimate of drug-likeness (QED) is 0.666. The second-order valence-electron chi connectivity index (χ2n) is 6.00. The number of nitrogens with one attached hydrogen (secondary N) is 2. The summed E-state index contributed by atoms with van der Waals surface area (Å²) in [4.78, 5) is 23.6. The van der Waals surface area contributed by atoms with Gasteiger partial charge in [0.05, 0.1) is 4.90 Å². The molecule has 0 heterocycles. The highest BCUT2D eigenvalue weighted by molar-refractivity contribution is 7.89. The lowest BCUT2D eigenvalue weighted by Crippen LogP contribution is -2.45. The molecule has 0 aliphatic heterocycles. The maximum absolute atomic E-state index is 11.8. The molecule has 24 heavy (non-hydrogen) atoms. The van der Waals surface area contributed by atoms with Crippen LogP contribution in [0, 0.1) is 0 Å². The summed E-state index contributed by atoms with van der Waals surface area (Å²) in [6.45, 7) is 0.297. The van der Waals surface area contributed by atoms with Gasteiger partial charge in [0.15, 0.2) is 0 Å². The molecule has 1 aromatic rings. The van der Waals surface area contributed by atoms with E-state index in [0.717, 1.165) is 31.2 Å². The first-order valence-corrected chi connectivity index (χ1v) is 9.61. The summed E-state index contributed by atoms with van der Waals surface area (Å²) in [5.74, 6) is -1.23. The molecule has 1 saturated carbocycles. The number of amides is 2. The van der Waals surface area contributed by atoms with E-state index < -0.39 is 21.8 Å². The summed E-state index contributed by atoms with van der Waals surface area (Å²) in [7, 11) is -3.70. The first-order chi connectivity index (χ1) is 11.4. The molecule has 1 aromatic carbocycles. The zero-order valence-corrected chi connectivity index (χ0v) is 14.3. The van der Waals surface area contributed by atoms with Gasteiger partial charge < -0.3 is 10.6 Å². The van der Waals surface area contributed by atoms with Crippen molar-refractivity contribution < 1.29 is 18.0 Å². The molecule has 0 bridgehead atoms. The van der Waals surface area contributed by atoms with E-state index in [-0.39, 0.29) is 10.9 Å². The third-order valence-electron chi connectivity index (χ3n) is 4.10. The Bertz CT molecular complexity index is 680. The third-order valence-corrected chi connectivity index (χ3v) is 5.03. The number of primary sulfonamides is 1. The van der Waals surface area contributed by atoms with Gasteiger partial charge in [-0.3, -0.25) is 9.59 Å². The van der Waals surface area contributed by atoms with Gasteiger partial charge >= 0.3 is 11.8 Å². The largest absolute Gasteiger partial charge is 0.348 e. The molecule has 1 aliphatic rings. The van der Waals surface area contributed by atoms with Gasteiger partial charge in [-0.25, -0.2) is 13.6 Å². The Balaban J connectivity index is 1.74. The van der Waals surface area contributed by atoms with Crippen LogP contribution in [0.25, 0.3) is 0 Å². The zero-order valence-electron chi connectivity index (χ0n) is 13.5. The topological polar surface area (TPSA) is 118 Å². The first-order valence-electron chi connectivity index (χ1n) is 8.07. The number of nitrogens with two attached hydrogens (primary N) is 1. The summed E-state index contributed by atoms with van der Waals surface area (Å²) in [6.07, 6.45) is 5.70. The van der Waals surface area contributed by atoms with Crippen LogP contribution < -0.4 is 15.8 Å². The second-order valence-corrected chi connectivity index (χ2v) is 7.56. The highest BCUT2D eigenvalue weighted by atomic mass is 32.2. The van der Waals surface area contributed by atoms with Crippen molar-refractivity contribution in [2.24, 2.45) is 5.14 Å². The van der Waals surface area contributed by atoms with Crippen molar-refractivity contribution in [3.63, 3.8) is 0 Å². The Hall–Kier alpha value is -1.93. The molecular formula is C16H23N3O4S. The van der Waals surface area contributed by atoms with E-state index >= 15 is 0 Å². The maximum atomic E-state index is 11.8. The van der Waals surface area contributed by atoms with Crippen molar-refractivity contribution in [3.05, 3.63) is 29.8 Å². The Morgan fingerprint density at radius 3 is 2.25 bits per heavy atom. The van der Waals surface area contributed by atoms with Gasteiger partial charge in [0.25, 0.3) is 0 Å². The van der Waals surface area contributed by atoms with Crippen molar-refractivity contribution in [2.75, 3.05) is 6.54 Å². The van der Waals surface area contributed by atoms with Crippen LogP contribution in [0.15, 0.2) is 29.2 Å². The van der Waals surface area contributed by atoms with Gasteiger partial charge in [-0.2, -0.15) is 0 Å². The van der Waals surface area contributed by atoms with Crippen LogP contribution >= 0.6 is 0 Å². The third kappa shape index (κ3) is 5.61. The fourth-order valence-corrected chi connectivity index (χ4v) is 3.26. The Morgan fingerprint density at radius 1 is 1.04 bits per heavy atom. The Kier molecular flexibility index (Phi) is 6.33. The minimum Gasteiger partial charge on any atom is -0.348 e. The molecule has 1 aliphatic carbocycles. The molecule has 0 unspecified atom stereocenters. The number of hydrogen-bond donors (Lipinski definition) is 3. The summed E-state index contributed by atoms with van der Waals surface area (Å²) in [6, 6.07) is 6.20. The number of hydrogen-bond acceptors (Lipinski definition) is 4. The van der Waals surface area contributed by atoms with E-state index in [1.54, 1.807) is 12.1 Å². The number of carbonyl (C=O) groups excluding carboxylic acids is 2. The number of carbonyl (C=O) groups is 2. The van der Waals surface area contributed by atoms with Gasteiger partial charge in [0.2, 0.25) is 10.0 Å². The average Bonchev–Trinajstić information content (AvgIpc) is 2.55. The van der Waals surface area contributed by atoms with Gasteiger partial charge in [-0.15, -0.1) is 0 Å². The average molecular weight is 353 g/mol. The van der Waals surface area contributed by atoms with Gasteiger partial charge in [-0.1, -0.05) is 31.4 Å². The lowest BCUT2D eigenvalue weighted by Gasteiger charge is -2.22. The molecule has 2 amide bonds. The van der Waals surface area contributed by atoms with Gasteiger partial charge in [0.1, 0.15) is 0 Å². The summed E-state index contributed by atoms with van der Waals surface area (Å²) < 4.78 is 22.3. The summed E-state index contributed by atoms with van der Waals surface area (Å²) >= 11 is 0. The first kappa shape index (κ1) is 18.4. The van der Waals surface area contributed by atoms with E-state index in [0.29, 0.717) is 13.0 Å². The minimum atomic E-state index is -3.70. The highest BCUT2D eigenvalue weighted by Gasteiger charge is 2.19. The molecule has 0 atom stereocenters. The predicted octanol–water partition coefficient (Wildman–Crippen LogP) is 0.442. The van der Waals surface area contributed by atoms with Crippen molar-refractivity contribution in [1.82, 2.24) is 10.6 Å². The van der Waals surface area contributed by atoms with Crippen LogP contribution in [-0.2, 0) is 26.0 Å². The van der Waals surface area contributed by atoms with Crippen LogP contribution in [-0.4, -0.2) is 32.8 Å². The second kappa shape index (κ2) is 8.25. The summed E-state index contributed by atoms with van der Waals surface area (Å²) in [5.41, 5.74) is 0.843. The molecule has 0 saturated heterocycles. The number of sulfonamides is 1. The van der Waals surface area contributed by atoms with Crippen molar-refractivity contribution in [1.29, 1.82) is 0 Å². The monoisotopic (exact) mass is 353 g/mol. The molecule has 2 rings (SSSR count). The molecular weight excluding hydrogens is 330 g/mol. The maximum Gasteiger partial charge on any atom is 0.309 e. The SMILES string of the molecule is NS(=O)(=O)c1ccc(CCNC(=O)C(=O)NC2CCCCC2)cc1. The fourth-order valence-electron chi connectivity index (χ4n) is 2.74.